The lowest BCUT2D eigenvalue weighted by molar-refractivity contribution is -0.112. The van der Waals surface area contributed by atoms with Crippen LogP contribution in [-0.4, -0.2) is 31.2 Å². The van der Waals surface area contributed by atoms with E-state index in [0.717, 1.165) is 18.8 Å². The fourth-order valence-electron chi connectivity index (χ4n) is 3.01. The predicted molar refractivity (Wildman–Crippen MR) is 99.6 cm³/mol. The van der Waals surface area contributed by atoms with Crippen LogP contribution in [0.1, 0.15) is 19.6 Å². The van der Waals surface area contributed by atoms with E-state index < -0.39 is 5.91 Å². The summed E-state index contributed by atoms with van der Waals surface area (Å²) in [6.07, 6.45) is 3.27. The lowest BCUT2D eigenvalue weighted by Crippen LogP contribution is -2.45. The molecule has 134 valence electrons. The molecule has 1 amide bonds. The molecule has 1 fully saturated rings. The van der Waals surface area contributed by atoms with Gasteiger partial charge in [0.25, 0.3) is 5.91 Å². The molecule has 1 aromatic carbocycles. The summed E-state index contributed by atoms with van der Waals surface area (Å²) in [7, 11) is 0. The molecule has 26 heavy (non-hydrogen) atoms. The van der Waals surface area contributed by atoms with Crippen LogP contribution in [0.3, 0.4) is 0 Å². The van der Waals surface area contributed by atoms with Crippen LogP contribution in [0.2, 0.25) is 0 Å². The minimum absolute atomic E-state index is 0.0140. The van der Waals surface area contributed by atoms with E-state index in [-0.39, 0.29) is 17.8 Å². The van der Waals surface area contributed by atoms with Gasteiger partial charge in [-0.15, -0.1) is 0 Å². The first-order valence-corrected chi connectivity index (χ1v) is 8.52. The molecule has 1 saturated heterocycles. The third-order valence-electron chi connectivity index (χ3n) is 4.10. The fourth-order valence-corrected chi connectivity index (χ4v) is 3.01. The first-order chi connectivity index (χ1) is 12.5. The summed E-state index contributed by atoms with van der Waals surface area (Å²) in [4.78, 5) is 14.5. The van der Waals surface area contributed by atoms with Gasteiger partial charge in [0.05, 0.1) is 18.5 Å². The van der Waals surface area contributed by atoms with Crippen molar-refractivity contribution in [1.82, 2.24) is 0 Å². The molecule has 0 bridgehead atoms. The first kappa shape index (κ1) is 17.8. The fraction of sp³-hybridized carbons (Fsp3) is 0.300. The topological polar surface area (TPSA) is 78.5 Å². The van der Waals surface area contributed by atoms with Crippen LogP contribution >= 0.6 is 0 Å². The van der Waals surface area contributed by atoms with Crippen LogP contribution in [0.25, 0.3) is 6.08 Å². The molecule has 0 unspecified atom stereocenters. The maximum atomic E-state index is 12.3. The van der Waals surface area contributed by atoms with Gasteiger partial charge in [0, 0.05) is 30.5 Å². The minimum atomic E-state index is -0.467. The van der Waals surface area contributed by atoms with Crippen molar-refractivity contribution < 1.29 is 13.9 Å². The molecular formula is C20H21N3O3. The number of hydrogen-bond acceptors (Lipinski definition) is 5. The second kappa shape index (κ2) is 7.89. The summed E-state index contributed by atoms with van der Waals surface area (Å²) in [5.41, 5.74) is 1.70. The molecule has 6 nitrogen and oxygen atoms in total. The van der Waals surface area contributed by atoms with Gasteiger partial charge in [-0.2, -0.15) is 5.26 Å². The monoisotopic (exact) mass is 351 g/mol. The van der Waals surface area contributed by atoms with Crippen molar-refractivity contribution in [2.24, 2.45) is 0 Å². The highest BCUT2D eigenvalue weighted by atomic mass is 16.5. The first-order valence-electron chi connectivity index (χ1n) is 8.52. The molecule has 1 N–H and O–H groups in total. The maximum Gasteiger partial charge on any atom is 0.266 e. The van der Waals surface area contributed by atoms with E-state index in [4.69, 9.17) is 9.15 Å². The second-order valence-corrected chi connectivity index (χ2v) is 6.35. The van der Waals surface area contributed by atoms with Crippen molar-refractivity contribution >= 4 is 23.4 Å². The molecule has 2 aromatic rings. The molecule has 1 aromatic heterocycles. The van der Waals surface area contributed by atoms with E-state index in [1.54, 1.807) is 12.1 Å². The van der Waals surface area contributed by atoms with Gasteiger partial charge in [-0.25, -0.2) is 0 Å². The number of carbonyl (C=O) groups excluding carboxylic acids is 1. The average molecular weight is 351 g/mol. The molecule has 0 saturated carbocycles. The largest absolute Gasteiger partial charge is 0.465 e. The van der Waals surface area contributed by atoms with Crippen molar-refractivity contribution in [3.05, 3.63) is 54.0 Å². The number of benzene rings is 1. The van der Waals surface area contributed by atoms with Crippen molar-refractivity contribution in [1.29, 1.82) is 5.26 Å². The lowest BCUT2D eigenvalue weighted by atomic mass is 10.2. The number of nitriles is 1. The Balaban J connectivity index is 1.67. The highest BCUT2D eigenvalue weighted by Crippen LogP contribution is 2.22. The highest BCUT2D eigenvalue weighted by Gasteiger charge is 2.22. The van der Waals surface area contributed by atoms with Crippen LogP contribution < -0.4 is 10.2 Å². The Morgan fingerprint density at radius 2 is 1.92 bits per heavy atom. The molecule has 6 heteroatoms. The number of carbonyl (C=O) groups is 1. The molecule has 0 radical (unpaired) electrons. The zero-order chi connectivity index (χ0) is 18.5. The Kier molecular flexibility index (Phi) is 5.40. The van der Waals surface area contributed by atoms with E-state index in [2.05, 4.69) is 24.1 Å². The third kappa shape index (κ3) is 4.32. The number of nitrogens with zero attached hydrogens (tertiary/aromatic N) is 2. The van der Waals surface area contributed by atoms with E-state index in [1.165, 1.54) is 12.3 Å². The van der Waals surface area contributed by atoms with Gasteiger partial charge in [-0.1, -0.05) is 0 Å². The van der Waals surface area contributed by atoms with E-state index in [0.29, 0.717) is 11.4 Å². The van der Waals surface area contributed by atoms with E-state index in [1.807, 2.05) is 30.3 Å². The second-order valence-electron chi connectivity index (χ2n) is 6.35. The number of morpholine rings is 1. The lowest BCUT2D eigenvalue weighted by Gasteiger charge is -2.36. The van der Waals surface area contributed by atoms with E-state index >= 15 is 0 Å². The van der Waals surface area contributed by atoms with E-state index in [9.17, 15) is 10.1 Å². The Morgan fingerprint density at radius 3 is 2.50 bits per heavy atom. The minimum Gasteiger partial charge on any atom is -0.465 e. The molecule has 1 aliphatic rings. The number of hydrogen-bond donors (Lipinski definition) is 1. The number of amides is 1. The van der Waals surface area contributed by atoms with Gasteiger partial charge in [0.1, 0.15) is 17.4 Å². The van der Waals surface area contributed by atoms with Gasteiger partial charge >= 0.3 is 0 Å². The van der Waals surface area contributed by atoms with Crippen LogP contribution in [0.15, 0.2) is 52.7 Å². The van der Waals surface area contributed by atoms with Gasteiger partial charge in [-0.3, -0.25) is 4.79 Å². The van der Waals surface area contributed by atoms with Gasteiger partial charge in [-0.05, 0) is 50.2 Å². The highest BCUT2D eigenvalue weighted by molar-refractivity contribution is 6.09. The van der Waals surface area contributed by atoms with Crippen molar-refractivity contribution in [2.45, 2.75) is 26.1 Å². The number of furan rings is 1. The van der Waals surface area contributed by atoms with Gasteiger partial charge < -0.3 is 19.4 Å². The Hall–Kier alpha value is -3.04. The summed E-state index contributed by atoms with van der Waals surface area (Å²) < 4.78 is 10.9. The summed E-state index contributed by atoms with van der Waals surface area (Å²) in [5, 5.41) is 11.9. The van der Waals surface area contributed by atoms with Crippen LogP contribution in [0.5, 0.6) is 0 Å². The summed E-state index contributed by atoms with van der Waals surface area (Å²) >= 11 is 0. The molecule has 3 rings (SSSR count). The Morgan fingerprint density at radius 1 is 1.23 bits per heavy atom. The number of anilines is 2. The summed E-state index contributed by atoms with van der Waals surface area (Å²) in [5.74, 6) is -0.00660. The maximum absolute atomic E-state index is 12.3. The quantitative estimate of drug-likeness (QED) is 0.674. The average Bonchev–Trinajstić information content (AvgIpc) is 3.12. The van der Waals surface area contributed by atoms with Crippen LogP contribution in [0, 0.1) is 11.3 Å². The third-order valence-corrected chi connectivity index (χ3v) is 4.10. The summed E-state index contributed by atoms with van der Waals surface area (Å²) in [6, 6.07) is 12.9. The molecule has 2 atom stereocenters. The number of nitrogens with one attached hydrogen (secondary N) is 1. The zero-order valence-corrected chi connectivity index (χ0v) is 14.8. The molecule has 0 aliphatic carbocycles. The predicted octanol–water partition coefficient (Wildman–Crippen LogP) is 3.44. The Labute approximate surface area is 152 Å². The zero-order valence-electron chi connectivity index (χ0n) is 14.8. The molecule has 1 aliphatic heterocycles. The SMILES string of the molecule is C[C@@H]1CN(c2ccc(NC(=O)/C(C#N)=C/c3ccco3)cc2)C[C@@H](C)O1. The van der Waals surface area contributed by atoms with Crippen molar-refractivity contribution in [2.75, 3.05) is 23.3 Å². The Bertz CT molecular complexity index is 809. The summed E-state index contributed by atoms with van der Waals surface area (Å²) in [6.45, 7) is 5.79. The van der Waals surface area contributed by atoms with Crippen molar-refractivity contribution in [3.8, 4) is 6.07 Å². The van der Waals surface area contributed by atoms with Crippen LogP contribution in [-0.2, 0) is 9.53 Å². The molecule has 2 heterocycles. The van der Waals surface area contributed by atoms with Gasteiger partial charge in [0.2, 0.25) is 0 Å². The molecule has 0 spiro atoms. The number of ether oxygens (including phenoxy) is 1. The molecular weight excluding hydrogens is 330 g/mol. The standard InChI is InChI=1S/C20H21N3O3/c1-14-12-23(13-15(2)26-14)18-7-5-17(6-8-18)22-20(24)16(11-21)10-19-4-3-9-25-19/h3-10,14-15H,12-13H2,1-2H3,(H,22,24)/b16-10+/t14-,15-/m1/s1. The van der Waals surface area contributed by atoms with Crippen LogP contribution in [0.4, 0.5) is 11.4 Å². The van der Waals surface area contributed by atoms with Crippen molar-refractivity contribution in [3.63, 3.8) is 0 Å². The number of rotatable bonds is 4. The van der Waals surface area contributed by atoms with Gasteiger partial charge in [0.15, 0.2) is 0 Å². The normalized spacial score (nSPS) is 20.5. The smallest absolute Gasteiger partial charge is 0.266 e.